The van der Waals surface area contributed by atoms with Gasteiger partial charge in [-0.3, -0.25) is 4.98 Å². The van der Waals surface area contributed by atoms with Crippen molar-refractivity contribution in [2.24, 2.45) is 0 Å². The van der Waals surface area contributed by atoms with Gasteiger partial charge in [0.05, 0.1) is 11.1 Å². The molecule has 0 amide bonds. The van der Waals surface area contributed by atoms with Crippen LogP contribution in [0.25, 0.3) is 11.3 Å². The molecule has 200 valence electrons. The Morgan fingerprint density at radius 3 is 2.02 bits per heavy atom. The van der Waals surface area contributed by atoms with Gasteiger partial charge >= 0.3 is 21.1 Å². The molecule has 0 spiro atoms. The summed E-state index contributed by atoms with van der Waals surface area (Å²) in [6, 6.07) is 47.0. The fourth-order valence-corrected chi connectivity index (χ4v) is 5.48. The summed E-state index contributed by atoms with van der Waals surface area (Å²) in [6.45, 7) is 1.98. The van der Waals surface area contributed by atoms with Crippen molar-refractivity contribution in [3.8, 4) is 34.3 Å². The summed E-state index contributed by atoms with van der Waals surface area (Å²) in [5.41, 5.74) is 5.70. The second-order valence-corrected chi connectivity index (χ2v) is 9.68. The average molecular weight is 712 g/mol. The normalized spacial score (nSPS) is 12.7. The minimum Gasteiger partial charge on any atom is -0.503 e. The zero-order chi connectivity index (χ0) is 26.9. The van der Waals surface area contributed by atoms with E-state index in [0.29, 0.717) is 11.5 Å². The molecule has 4 nitrogen and oxygen atoms in total. The summed E-state index contributed by atoms with van der Waals surface area (Å²) < 4.78 is 12.7. The number of ether oxygens (including phenoxy) is 2. The first-order valence-corrected chi connectivity index (χ1v) is 13.2. The minimum absolute atomic E-state index is 0. The molecule has 41 heavy (non-hydrogen) atoms. The van der Waals surface area contributed by atoms with Crippen molar-refractivity contribution in [3.05, 3.63) is 168 Å². The first-order chi connectivity index (χ1) is 19.7. The van der Waals surface area contributed by atoms with Gasteiger partial charge in [-0.15, -0.1) is 41.5 Å². The topological polar surface area (TPSA) is 44.2 Å². The van der Waals surface area contributed by atoms with E-state index in [0.717, 1.165) is 50.8 Å². The first-order valence-electron chi connectivity index (χ1n) is 13.2. The minimum atomic E-state index is -0.761. The van der Waals surface area contributed by atoms with E-state index in [1.54, 1.807) is 0 Å². The number of fused-ring (bicyclic) bond motifs is 2. The van der Waals surface area contributed by atoms with Gasteiger partial charge in [-0.1, -0.05) is 60.7 Å². The molecule has 1 aliphatic heterocycles. The molecule has 4 aromatic carbocycles. The van der Waals surface area contributed by atoms with E-state index in [2.05, 4.69) is 41.4 Å². The third-order valence-corrected chi connectivity index (χ3v) is 7.18. The molecule has 7 rings (SSSR count). The van der Waals surface area contributed by atoms with Crippen LogP contribution in [0.1, 0.15) is 28.1 Å². The van der Waals surface area contributed by atoms with Crippen molar-refractivity contribution in [3.63, 3.8) is 0 Å². The van der Waals surface area contributed by atoms with Gasteiger partial charge in [0.25, 0.3) is 0 Å². The Hall–Kier alpha value is -4.53. The van der Waals surface area contributed by atoms with Crippen LogP contribution in [0.2, 0.25) is 0 Å². The Labute approximate surface area is 253 Å². The molecule has 0 saturated heterocycles. The van der Waals surface area contributed by atoms with Crippen LogP contribution in [-0.2, 0) is 26.5 Å². The van der Waals surface area contributed by atoms with E-state index in [-0.39, 0.29) is 21.1 Å². The number of aryl methyl sites for hydroxylation is 1. The van der Waals surface area contributed by atoms with Crippen LogP contribution in [0.4, 0.5) is 0 Å². The molecule has 0 N–H and O–H groups in total. The number of hydrogen-bond acceptors (Lipinski definition) is 4. The SMILES string of the molecule is Cc1cccc(-c2[c-]c(Oc3[c-]c(C4(c5ccccn5)c5ccccc5Oc5ccccc54)ccc3)ccc2)n1.[Pt+2]. The number of nitrogens with zero attached hydrogens (tertiary/aromatic N) is 2. The third-order valence-electron chi connectivity index (χ3n) is 7.18. The van der Waals surface area contributed by atoms with Crippen LogP contribution in [0.3, 0.4) is 0 Å². The van der Waals surface area contributed by atoms with Crippen LogP contribution < -0.4 is 9.47 Å². The predicted molar refractivity (Wildman–Crippen MR) is 155 cm³/mol. The molecule has 1 aliphatic rings. The van der Waals surface area contributed by atoms with Crippen molar-refractivity contribution >= 4 is 0 Å². The molecular formula is C36H24N2O2Pt. The summed E-state index contributed by atoms with van der Waals surface area (Å²) in [5, 5.41) is 0. The summed E-state index contributed by atoms with van der Waals surface area (Å²) in [4.78, 5) is 9.52. The van der Waals surface area contributed by atoms with Gasteiger partial charge in [0, 0.05) is 34.5 Å². The van der Waals surface area contributed by atoms with Crippen molar-refractivity contribution in [1.82, 2.24) is 9.97 Å². The van der Waals surface area contributed by atoms with Gasteiger partial charge in [-0.25, -0.2) is 0 Å². The maximum atomic E-state index is 6.38. The molecule has 0 fully saturated rings. The van der Waals surface area contributed by atoms with Crippen LogP contribution in [0.15, 0.2) is 128 Å². The molecule has 6 aromatic rings. The number of rotatable bonds is 5. The second-order valence-electron chi connectivity index (χ2n) is 9.68. The van der Waals surface area contributed by atoms with Crippen molar-refractivity contribution in [2.45, 2.75) is 12.3 Å². The summed E-state index contributed by atoms with van der Waals surface area (Å²) >= 11 is 0. The Balaban J connectivity index is 0.00000302. The Kier molecular flexibility index (Phi) is 7.26. The zero-order valence-electron chi connectivity index (χ0n) is 22.2. The predicted octanol–water partition coefficient (Wildman–Crippen LogP) is 8.33. The number of benzene rings is 4. The maximum absolute atomic E-state index is 6.38. The van der Waals surface area contributed by atoms with Gasteiger partial charge in [0.2, 0.25) is 0 Å². The molecule has 0 radical (unpaired) electrons. The van der Waals surface area contributed by atoms with E-state index in [9.17, 15) is 0 Å². The van der Waals surface area contributed by atoms with Gasteiger partial charge < -0.3 is 14.5 Å². The Morgan fingerprint density at radius 1 is 0.659 bits per heavy atom. The van der Waals surface area contributed by atoms with Crippen molar-refractivity contribution in [2.75, 3.05) is 0 Å². The number of aromatic nitrogens is 2. The molecule has 0 unspecified atom stereocenters. The summed E-state index contributed by atoms with van der Waals surface area (Å²) in [5.74, 6) is 2.75. The standard InChI is InChI=1S/C36H24N2O2.Pt/c1-25-11-8-18-32(38-25)26-12-9-14-28(23-26)39-29-15-10-13-27(24-29)36(35-21-6-7-22-37-35)30-16-2-4-19-33(30)40-34-20-5-3-17-31(34)36;/h2-22H,1H3;/q-2;+2. The van der Waals surface area contributed by atoms with E-state index in [4.69, 9.17) is 14.5 Å². The fourth-order valence-electron chi connectivity index (χ4n) is 5.48. The molecule has 3 heterocycles. The summed E-state index contributed by atoms with van der Waals surface area (Å²) in [6.07, 6.45) is 1.83. The monoisotopic (exact) mass is 711 g/mol. The van der Waals surface area contributed by atoms with Crippen LogP contribution in [0, 0.1) is 19.1 Å². The third kappa shape index (κ3) is 4.75. The van der Waals surface area contributed by atoms with Crippen molar-refractivity contribution < 1.29 is 30.5 Å². The van der Waals surface area contributed by atoms with E-state index in [1.165, 1.54) is 0 Å². The van der Waals surface area contributed by atoms with Gasteiger partial charge in [-0.2, -0.15) is 12.1 Å². The Bertz CT molecular complexity index is 1790. The van der Waals surface area contributed by atoms with Gasteiger partial charge in [-0.05, 0) is 42.9 Å². The van der Waals surface area contributed by atoms with E-state index >= 15 is 0 Å². The average Bonchev–Trinajstić information content (AvgIpc) is 3.00. The molecule has 0 bridgehead atoms. The van der Waals surface area contributed by atoms with E-state index in [1.807, 2.05) is 110 Å². The maximum Gasteiger partial charge on any atom is 2.00 e. The Morgan fingerprint density at radius 2 is 1.32 bits per heavy atom. The molecule has 5 heteroatoms. The number of pyridine rings is 2. The molecular weight excluding hydrogens is 687 g/mol. The fraction of sp³-hybridized carbons (Fsp3) is 0.0556. The van der Waals surface area contributed by atoms with Crippen LogP contribution in [0.5, 0.6) is 23.0 Å². The van der Waals surface area contributed by atoms with Gasteiger partial charge in [0.15, 0.2) is 0 Å². The molecule has 0 aliphatic carbocycles. The second kappa shape index (κ2) is 11.2. The summed E-state index contributed by atoms with van der Waals surface area (Å²) in [7, 11) is 0. The molecule has 2 aromatic heterocycles. The van der Waals surface area contributed by atoms with Crippen LogP contribution in [-0.4, -0.2) is 9.97 Å². The van der Waals surface area contributed by atoms with E-state index < -0.39 is 5.41 Å². The van der Waals surface area contributed by atoms with Crippen LogP contribution >= 0.6 is 0 Å². The first kappa shape index (κ1) is 26.7. The number of para-hydroxylation sites is 2. The molecule has 0 atom stereocenters. The van der Waals surface area contributed by atoms with Crippen molar-refractivity contribution in [1.29, 1.82) is 0 Å². The van der Waals surface area contributed by atoms with Gasteiger partial charge in [0.1, 0.15) is 11.5 Å². The number of hydrogen-bond donors (Lipinski definition) is 0. The largest absolute Gasteiger partial charge is 2.00 e. The molecule has 0 saturated carbocycles. The smallest absolute Gasteiger partial charge is 0.503 e. The zero-order valence-corrected chi connectivity index (χ0v) is 24.4. The quantitative estimate of drug-likeness (QED) is 0.169.